The first-order valence-electron chi connectivity index (χ1n) is 13.1. The van der Waals surface area contributed by atoms with E-state index in [0.717, 1.165) is 0 Å². The average Bonchev–Trinajstić information content (AvgIpc) is 2.99. The number of hydrogen-bond donors (Lipinski definition) is 0. The van der Waals surface area contributed by atoms with Crippen molar-refractivity contribution < 1.29 is 38.1 Å². The molecule has 0 N–H and O–H groups in total. The molecule has 4 rings (SSSR count). The maximum Gasteiger partial charge on any atom is 0.339 e. The lowest BCUT2D eigenvalue weighted by Gasteiger charge is -2.11. The summed E-state index contributed by atoms with van der Waals surface area (Å²) in [6, 6.07) is 19.8. The molecule has 3 aromatic rings. The standard InChI is InChI=1S/C32H30O8/c33-29-25-14-5-7-16-27(25)31(35)39-21-23-12-11-13-24(20-23)22-40-32(36)28-17-8-6-15-26(28)30(34)38-19-10-4-2-1-3-9-18-37-29/h1-2,5-8,11-17,20H,3-4,9-10,18-19,21-22H2/b2-1+. The number of cyclic esters (lactones) is 4. The molecule has 8 nitrogen and oxygen atoms in total. The monoisotopic (exact) mass is 542 g/mol. The molecule has 0 saturated carbocycles. The van der Waals surface area contributed by atoms with Gasteiger partial charge in [-0.25, -0.2) is 19.2 Å². The molecule has 0 spiro atoms. The van der Waals surface area contributed by atoms with Crippen molar-refractivity contribution in [1.29, 1.82) is 0 Å². The Labute approximate surface area is 232 Å². The van der Waals surface area contributed by atoms with Gasteiger partial charge >= 0.3 is 23.9 Å². The first-order chi connectivity index (χ1) is 19.5. The van der Waals surface area contributed by atoms with Gasteiger partial charge in [0.15, 0.2) is 0 Å². The molecule has 206 valence electrons. The number of benzene rings is 3. The lowest BCUT2D eigenvalue weighted by atomic mass is 10.1. The predicted molar refractivity (Wildman–Crippen MR) is 146 cm³/mol. The Balaban J connectivity index is 1.51. The quantitative estimate of drug-likeness (QED) is 0.198. The fraction of sp³-hybridized carbons (Fsp3) is 0.250. The van der Waals surface area contributed by atoms with Crippen molar-refractivity contribution in [3.05, 3.63) is 118 Å². The second-order valence-corrected chi connectivity index (χ2v) is 9.09. The summed E-state index contributed by atoms with van der Waals surface area (Å²) >= 11 is 0. The van der Waals surface area contributed by atoms with E-state index in [1.54, 1.807) is 48.5 Å². The van der Waals surface area contributed by atoms with Gasteiger partial charge in [-0.05, 0) is 67.1 Å². The molecule has 3 aromatic carbocycles. The van der Waals surface area contributed by atoms with Crippen LogP contribution in [0.5, 0.6) is 0 Å². The first kappa shape index (κ1) is 28.3. The molecule has 0 unspecified atom stereocenters. The number of rotatable bonds is 0. The van der Waals surface area contributed by atoms with Crippen LogP contribution in [0.1, 0.15) is 78.2 Å². The third-order valence-electron chi connectivity index (χ3n) is 6.13. The van der Waals surface area contributed by atoms with E-state index in [1.165, 1.54) is 24.3 Å². The zero-order valence-corrected chi connectivity index (χ0v) is 22.0. The highest BCUT2D eigenvalue weighted by Crippen LogP contribution is 2.17. The Kier molecular flexibility index (Phi) is 10.2. The van der Waals surface area contributed by atoms with E-state index in [9.17, 15) is 19.2 Å². The summed E-state index contributed by atoms with van der Waals surface area (Å²) in [7, 11) is 0. The third-order valence-corrected chi connectivity index (χ3v) is 6.13. The number of ether oxygens (including phenoxy) is 4. The van der Waals surface area contributed by atoms with Crippen LogP contribution in [-0.4, -0.2) is 37.1 Å². The fourth-order valence-corrected chi connectivity index (χ4v) is 4.06. The maximum atomic E-state index is 12.8. The molecule has 1 aliphatic heterocycles. The molecule has 0 aromatic heterocycles. The molecule has 0 saturated heterocycles. The molecule has 2 bridgehead atoms. The van der Waals surface area contributed by atoms with Gasteiger partial charge < -0.3 is 18.9 Å². The summed E-state index contributed by atoms with van der Waals surface area (Å²) in [4.78, 5) is 50.9. The molecule has 1 aliphatic rings. The van der Waals surface area contributed by atoms with E-state index in [1.807, 2.05) is 12.2 Å². The van der Waals surface area contributed by atoms with Crippen molar-refractivity contribution in [3.63, 3.8) is 0 Å². The van der Waals surface area contributed by atoms with E-state index >= 15 is 0 Å². The minimum Gasteiger partial charge on any atom is -0.462 e. The zero-order valence-electron chi connectivity index (χ0n) is 22.0. The van der Waals surface area contributed by atoms with Crippen LogP contribution in [-0.2, 0) is 32.2 Å². The number of esters is 4. The highest BCUT2D eigenvalue weighted by molar-refractivity contribution is 6.03. The van der Waals surface area contributed by atoms with Crippen molar-refractivity contribution in [1.82, 2.24) is 0 Å². The highest BCUT2D eigenvalue weighted by Gasteiger charge is 2.20. The third kappa shape index (κ3) is 7.89. The molecule has 1 heterocycles. The molecule has 0 aliphatic carbocycles. The normalized spacial score (nSPS) is 16.9. The topological polar surface area (TPSA) is 105 Å². The second kappa shape index (κ2) is 14.4. The number of carbonyl (C=O) groups excluding carboxylic acids is 4. The van der Waals surface area contributed by atoms with Crippen LogP contribution in [0.25, 0.3) is 0 Å². The van der Waals surface area contributed by atoms with Crippen molar-refractivity contribution in [2.24, 2.45) is 0 Å². The van der Waals surface area contributed by atoms with E-state index in [2.05, 4.69) is 0 Å². The second-order valence-electron chi connectivity index (χ2n) is 9.09. The first-order valence-corrected chi connectivity index (χ1v) is 13.1. The van der Waals surface area contributed by atoms with Gasteiger partial charge in [0.1, 0.15) is 13.2 Å². The number of carbonyl (C=O) groups is 4. The lowest BCUT2D eigenvalue weighted by Crippen LogP contribution is -2.15. The number of fused-ring (bicyclic) bond motifs is 4. The molecular formula is C32H30O8. The Bertz CT molecular complexity index is 1290. The van der Waals surface area contributed by atoms with Crippen LogP contribution in [0.4, 0.5) is 0 Å². The molecule has 8 heteroatoms. The summed E-state index contributed by atoms with van der Waals surface area (Å²) in [5, 5.41) is 0. The Morgan fingerprint density at radius 3 is 1.23 bits per heavy atom. The van der Waals surface area contributed by atoms with Gasteiger partial charge in [0.05, 0.1) is 35.5 Å². The maximum absolute atomic E-state index is 12.8. The van der Waals surface area contributed by atoms with Gasteiger partial charge in [-0.15, -0.1) is 0 Å². The molecule has 0 radical (unpaired) electrons. The minimum absolute atomic E-state index is 0.0506. The van der Waals surface area contributed by atoms with Crippen molar-refractivity contribution >= 4 is 23.9 Å². The van der Waals surface area contributed by atoms with E-state index < -0.39 is 23.9 Å². The van der Waals surface area contributed by atoms with E-state index in [4.69, 9.17) is 18.9 Å². The van der Waals surface area contributed by atoms with Crippen LogP contribution in [0, 0.1) is 0 Å². The van der Waals surface area contributed by atoms with Crippen LogP contribution < -0.4 is 0 Å². The number of hydrogen-bond acceptors (Lipinski definition) is 8. The van der Waals surface area contributed by atoms with Gasteiger partial charge in [0, 0.05) is 0 Å². The van der Waals surface area contributed by atoms with Crippen molar-refractivity contribution in [3.8, 4) is 0 Å². The molecule has 0 amide bonds. The van der Waals surface area contributed by atoms with Gasteiger partial charge in [-0.3, -0.25) is 0 Å². The van der Waals surface area contributed by atoms with E-state index in [0.29, 0.717) is 36.8 Å². The Morgan fingerprint density at radius 1 is 0.450 bits per heavy atom. The van der Waals surface area contributed by atoms with Crippen LogP contribution in [0.15, 0.2) is 84.9 Å². The Hall–Kier alpha value is -4.72. The largest absolute Gasteiger partial charge is 0.462 e. The molecule has 0 atom stereocenters. The number of allylic oxidation sites excluding steroid dienone is 2. The van der Waals surface area contributed by atoms with Crippen molar-refractivity contribution in [2.75, 3.05) is 13.2 Å². The summed E-state index contributed by atoms with van der Waals surface area (Å²) in [6.07, 6.45) is 6.59. The van der Waals surface area contributed by atoms with E-state index in [-0.39, 0.29) is 48.7 Å². The van der Waals surface area contributed by atoms with Crippen molar-refractivity contribution in [2.45, 2.75) is 38.9 Å². The SMILES string of the molecule is O=C1OCCC/C=C/CCCOC(=O)c2ccccc2C(=O)OCc2cccc(c2)COC(=O)c2ccccc21. The van der Waals surface area contributed by atoms with Crippen LogP contribution in [0.2, 0.25) is 0 Å². The zero-order chi connectivity index (χ0) is 28.2. The van der Waals surface area contributed by atoms with Gasteiger partial charge in [-0.2, -0.15) is 0 Å². The summed E-state index contributed by atoms with van der Waals surface area (Å²) in [6.45, 7) is 0.310. The van der Waals surface area contributed by atoms with Crippen LogP contribution >= 0.6 is 0 Å². The summed E-state index contributed by atoms with van der Waals surface area (Å²) in [5.74, 6) is -2.48. The Morgan fingerprint density at radius 2 is 0.825 bits per heavy atom. The lowest BCUT2D eigenvalue weighted by molar-refractivity contribution is 0.0433. The fourth-order valence-electron chi connectivity index (χ4n) is 4.06. The van der Waals surface area contributed by atoms with Gasteiger partial charge in [0.25, 0.3) is 0 Å². The van der Waals surface area contributed by atoms with Gasteiger partial charge in [0.2, 0.25) is 0 Å². The molecule has 0 fully saturated rings. The molecular weight excluding hydrogens is 512 g/mol. The predicted octanol–water partition coefficient (Wildman–Crippen LogP) is 5.84. The van der Waals surface area contributed by atoms with Gasteiger partial charge in [-0.1, -0.05) is 54.6 Å². The summed E-state index contributed by atoms with van der Waals surface area (Å²) < 4.78 is 21.7. The highest BCUT2D eigenvalue weighted by atomic mass is 16.5. The average molecular weight is 543 g/mol. The van der Waals surface area contributed by atoms with Crippen LogP contribution in [0.3, 0.4) is 0 Å². The minimum atomic E-state index is -0.652. The smallest absolute Gasteiger partial charge is 0.339 e. The summed E-state index contributed by atoms with van der Waals surface area (Å²) in [5.41, 5.74) is 1.87. The molecule has 40 heavy (non-hydrogen) atoms.